The normalized spacial score (nSPS) is 9.86. The number of nitrogens with two attached hydrogens (primary N) is 1. The van der Waals surface area contributed by atoms with E-state index < -0.39 is 0 Å². The molecule has 214 valence electrons. The molecule has 2 heterocycles. The molecule has 0 amide bonds. The number of aromatic nitrogens is 4. The fourth-order valence-corrected chi connectivity index (χ4v) is 3.82. The third kappa shape index (κ3) is 9.67. The summed E-state index contributed by atoms with van der Waals surface area (Å²) in [6.07, 6.45) is 2.42. The van der Waals surface area contributed by atoms with Gasteiger partial charge in [0.2, 0.25) is 0 Å². The SMILES string of the molecule is C.Fc1ccc(CCc2cc(-c3ccccc3)n[nH]2)cc1.Nc1cc(-c2ccccc2)[nH]n1.O=Cc1ccc(F)cc1. The van der Waals surface area contributed by atoms with Gasteiger partial charge in [-0.1, -0.05) is 80.2 Å². The number of rotatable bonds is 6. The standard InChI is InChI=1S/C17H15FN2.C9H9N3.C7H5FO.CH4/c18-15-9-6-13(7-10-15)8-11-16-12-17(20-19-16)14-4-2-1-3-5-14;10-9-6-8(11-12-9)7-4-2-1-3-5-7;8-7-3-1-6(5-9)2-4-7;/h1-7,9-10,12H,8,11H2,(H,19,20);1-6H,(H3,10,11,12);1-5H;1H4. The molecule has 0 spiro atoms. The molecule has 4 N–H and O–H groups in total. The second kappa shape index (κ2) is 16.0. The second-order valence-corrected chi connectivity index (χ2v) is 9.01. The molecule has 6 aromatic rings. The van der Waals surface area contributed by atoms with Crippen LogP contribution in [-0.4, -0.2) is 26.7 Å². The lowest BCUT2D eigenvalue weighted by Crippen LogP contribution is -1.91. The summed E-state index contributed by atoms with van der Waals surface area (Å²) in [4.78, 5) is 10.00. The average molecular weight is 566 g/mol. The number of nitrogens with one attached hydrogen (secondary N) is 2. The summed E-state index contributed by atoms with van der Waals surface area (Å²) in [6.45, 7) is 0. The summed E-state index contributed by atoms with van der Waals surface area (Å²) in [7, 11) is 0. The number of nitrogens with zero attached hydrogens (tertiary/aromatic N) is 2. The number of hydrogen-bond acceptors (Lipinski definition) is 4. The van der Waals surface area contributed by atoms with Crippen molar-refractivity contribution in [1.82, 2.24) is 20.4 Å². The molecule has 6 rings (SSSR count). The largest absolute Gasteiger partial charge is 0.382 e. The van der Waals surface area contributed by atoms with E-state index in [-0.39, 0.29) is 19.1 Å². The van der Waals surface area contributed by atoms with Gasteiger partial charge in [-0.15, -0.1) is 0 Å². The summed E-state index contributed by atoms with van der Waals surface area (Å²) < 4.78 is 24.9. The molecule has 0 bridgehead atoms. The van der Waals surface area contributed by atoms with Crippen molar-refractivity contribution in [3.05, 3.63) is 150 Å². The summed E-state index contributed by atoms with van der Waals surface area (Å²) in [5, 5.41) is 14.1. The first-order valence-electron chi connectivity index (χ1n) is 12.9. The van der Waals surface area contributed by atoms with Gasteiger partial charge in [-0.05, 0) is 66.4 Å². The lowest BCUT2D eigenvalue weighted by Gasteiger charge is -1.99. The van der Waals surface area contributed by atoms with E-state index in [1.807, 2.05) is 78.9 Å². The van der Waals surface area contributed by atoms with Gasteiger partial charge in [-0.3, -0.25) is 15.0 Å². The summed E-state index contributed by atoms with van der Waals surface area (Å²) >= 11 is 0. The Balaban J connectivity index is 0.000000188. The monoisotopic (exact) mass is 565 g/mol. The van der Waals surface area contributed by atoms with Crippen LogP contribution >= 0.6 is 0 Å². The van der Waals surface area contributed by atoms with Crippen molar-refractivity contribution in [3.8, 4) is 22.5 Å². The Kier molecular flexibility index (Phi) is 11.9. The van der Waals surface area contributed by atoms with E-state index in [1.54, 1.807) is 0 Å². The van der Waals surface area contributed by atoms with Crippen LogP contribution in [0.5, 0.6) is 0 Å². The van der Waals surface area contributed by atoms with Crippen LogP contribution in [0.4, 0.5) is 14.6 Å². The topological polar surface area (TPSA) is 100 Å². The summed E-state index contributed by atoms with van der Waals surface area (Å²) in [6, 6.07) is 35.9. The maximum Gasteiger partial charge on any atom is 0.150 e. The molecule has 4 aromatic carbocycles. The Morgan fingerprint density at radius 2 is 1.24 bits per heavy atom. The van der Waals surface area contributed by atoms with Crippen molar-refractivity contribution in [2.45, 2.75) is 20.3 Å². The van der Waals surface area contributed by atoms with E-state index in [0.717, 1.165) is 46.6 Å². The van der Waals surface area contributed by atoms with Crippen LogP contribution in [0.3, 0.4) is 0 Å². The third-order valence-corrected chi connectivity index (χ3v) is 5.99. The molecule has 0 unspecified atom stereocenters. The van der Waals surface area contributed by atoms with Gasteiger partial charge in [0.15, 0.2) is 0 Å². The van der Waals surface area contributed by atoms with Gasteiger partial charge in [0.25, 0.3) is 0 Å². The fourth-order valence-electron chi connectivity index (χ4n) is 3.82. The number of aldehydes is 1. The Labute approximate surface area is 244 Å². The number of aromatic amines is 2. The molecule has 42 heavy (non-hydrogen) atoms. The van der Waals surface area contributed by atoms with Gasteiger partial charge in [-0.25, -0.2) is 8.78 Å². The van der Waals surface area contributed by atoms with Crippen molar-refractivity contribution >= 4 is 12.1 Å². The Morgan fingerprint density at radius 3 is 1.79 bits per heavy atom. The molecule has 0 radical (unpaired) electrons. The van der Waals surface area contributed by atoms with Crippen LogP contribution in [0.2, 0.25) is 0 Å². The lowest BCUT2D eigenvalue weighted by molar-refractivity contribution is 0.112. The van der Waals surface area contributed by atoms with Crippen LogP contribution in [0.15, 0.2) is 121 Å². The van der Waals surface area contributed by atoms with Crippen molar-refractivity contribution in [2.24, 2.45) is 0 Å². The number of aryl methyl sites for hydroxylation is 2. The van der Waals surface area contributed by atoms with Crippen LogP contribution in [0, 0.1) is 11.6 Å². The van der Waals surface area contributed by atoms with Crippen LogP contribution < -0.4 is 5.73 Å². The number of nitrogen functional groups attached to an aromatic ring is 1. The first-order valence-corrected chi connectivity index (χ1v) is 12.9. The molecule has 0 aliphatic carbocycles. The zero-order chi connectivity index (χ0) is 28.9. The molecule has 2 aromatic heterocycles. The van der Waals surface area contributed by atoms with Crippen molar-refractivity contribution < 1.29 is 13.6 Å². The highest BCUT2D eigenvalue weighted by atomic mass is 19.1. The van der Waals surface area contributed by atoms with Crippen LogP contribution in [0.25, 0.3) is 22.5 Å². The van der Waals surface area contributed by atoms with E-state index in [1.165, 1.54) is 36.4 Å². The molecule has 8 heteroatoms. The molecule has 0 saturated carbocycles. The van der Waals surface area contributed by atoms with Crippen LogP contribution in [-0.2, 0) is 12.8 Å². The van der Waals surface area contributed by atoms with Gasteiger partial charge >= 0.3 is 0 Å². The number of halogens is 2. The Hall–Kier alpha value is -5.37. The molecule has 0 aliphatic heterocycles. The van der Waals surface area contributed by atoms with Crippen molar-refractivity contribution in [1.29, 1.82) is 0 Å². The van der Waals surface area contributed by atoms with Gasteiger partial charge in [0, 0.05) is 22.9 Å². The van der Waals surface area contributed by atoms with Gasteiger partial charge < -0.3 is 5.73 Å². The average Bonchev–Trinajstić information content (AvgIpc) is 3.68. The molecule has 0 atom stereocenters. The van der Waals surface area contributed by atoms with Crippen molar-refractivity contribution in [3.63, 3.8) is 0 Å². The van der Waals surface area contributed by atoms with Gasteiger partial charge in [0.1, 0.15) is 23.7 Å². The number of H-pyrrole nitrogens is 2. The summed E-state index contributed by atoms with van der Waals surface area (Å²) in [5.41, 5.74) is 12.3. The lowest BCUT2D eigenvalue weighted by atomic mass is 10.1. The van der Waals surface area contributed by atoms with Crippen molar-refractivity contribution in [2.75, 3.05) is 5.73 Å². The second-order valence-electron chi connectivity index (χ2n) is 9.01. The first-order chi connectivity index (χ1) is 20.0. The number of benzene rings is 4. The minimum Gasteiger partial charge on any atom is -0.382 e. The smallest absolute Gasteiger partial charge is 0.150 e. The molecular formula is C34H33F2N5O. The minimum atomic E-state index is -0.319. The molecule has 0 fully saturated rings. The van der Waals surface area contributed by atoms with E-state index in [0.29, 0.717) is 17.7 Å². The Morgan fingerprint density at radius 1 is 0.667 bits per heavy atom. The minimum absolute atomic E-state index is 0. The fraction of sp³-hybridized carbons (Fsp3) is 0.0882. The third-order valence-electron chi connectivity index (χ3n) is 5.99. The summed E-state index contributed by atoms with van der Waals surface area (Å²) in [5.74, 6) is 0.0103. The maximum absolute atomic E-state index is 12.8. The molecule has 6 nitrogen and oxygen atoms in total. The van der Waals surface area contributed by atoms with Crippen LogP contribution in [0.1, 0.15) is 29.0 Å². The highest BCUT2D eigenvalue weighted by Gasteiger charge is 2.04. The molecule has 0 aliphatic rings. The van der Waals surface area contributed by atoms with Gasteiger partial charge in [-0.2, -0.15) is 10.2 Å². The number of anilines is 1. The highest BCUT2D eigenvalue weighted by molar-refractivity contribution is 5.74. The Bertz CT molecular complexity index is 1610. The van der Waals surface area contributed by atoms with E-state index in [2.05, 4.69) is 26.5 Å². The zero-order valence-electron chi connectivity index (χ0n) is 22.2. The van der Waals surface area contributed by atoms with E-state index in [9.17, 15) is 13.6 Å². The predicted molar refractivity (Wildman–Crippen MR) is 165 cm³/mol. The zero-order valence-corrected chi connectivity index (χ0v) is 22.2. The highest BCUT2D eigenvalue weighted by Crippen LogP contribution is 2.18. The quantitative estimate of drug-likeness (QED) is 0.179. The number of hydrogen-bond donors (Lipinski definition) is 3. The number of carbonyl (C=O) groups is 1. The van der Waals surface area contributed by atoms with E-state index >= 15 is 0 Å². The molecular weight excluding hydrogens is 532 g/mol. The number of carbonyl (C=O) groups excluding carboxylic acids is 1. The first kappa shape index (κ1) is 31.2. The van der Waals surface area contributed by atoms with E-state index in [4.69, 9.17) is 5.73 Å². The molecule has 0 saturated heterocycles. The predicted octanol–water partition coefficient (Wildman–Crippen LogP) is 7.93. The maximum atomic E-state index is 12.8. The van der Waals surface area contributed by atoms with Gasteiger partial charge in [0.05, 0.1) is 11.4 Å².